The maximum Gasteiger partial charge on any atom is 0.191 e. The highest BCUT2D eigenvalue weighted by atomic mass is 79.9. The molecule has 0 unspecified atom stereocenters. The van der Waals surface area contributed by atoms with E-state index < -0.39 is 0 Å². The Morgan fingerprint density at radius 3 is 2.59 bits per heavy atom. The Bertz CT molecular complexity index is 545. The first-order valence-electron chi connectivity index (χ1n) is 9.72. The highest BCUT2D eigenvalue weighted by Crippen LogP contribution is 2.16. The predicted molar refractivity (Wildman–Crippen MR) is 114 cm³/mol. The van der Waals surface area contributed by atoms with Crippen LogP contribution in [-0.4, -0.2) is 70.5 Å². The van der Waals surface area contributed by atoms with Crippen molar-refractivity contribution in [2.24, 2.45) is 4.99 Å². The van der Waals surface area contributed by atoms with Gasteiger partial charge in [-0.15, -0.1) is 0 Å². The van der Waals surface area contributed by atoms with Crippen molar-refractivity contribution in [2.45, 2.75) is 31.8 Å². The summed E-state index contributed by atoms with van der Waals surface area (Å²) in [6, 6.07) is 9.10. The van der Waals surface area contributed by atoms with Gasteiger partial charge in [0.15, 0.2) is 5.96 Å². The molecule has 1 aliphatic rings. The molecule has 0 saturated carbocycles. The zero-order valence-electron chi connectivity index (χ0n) is 16.5. The number of ether oxygens (including phenoxy) is 2. The standard InChI is InChI=1S/C20H33BrN4O2/c1-22-20(23-10-3-13-27-15-14-26-2)24-19-8-11-25(12-9-19)16-17-4-6-18(21)7-5-17/h4-7,19H,3,8-16H2,1-2H3,(H2,22,23,24). The van der Waals surface area contributed by atoms with E-state index in [0.29, 0.717) is 19.3 Å². The van der Waals surface area contributed by atoms with Gasteiger partial charge in [-0.05, 0) is 37.0 Å². The number of hydrogen-bond acceptors (Lipinski definition) is 4. The summed E-state index contributed by atoms with van der Waals surface area (Å²) in [7, 11) is 3.51. The second-order valence-corrected chi connectivity index (χ2v) is 7.69. The molecule has 6 nitrogen and oxygen atoms in total. The zero-order valence-corrected chi connectivity index (χ0v) is 18.1. The van der Waals surface area contributed by atoms with Gasteiger partial charge >= 0.3 is 0 Å². The van der Waals surface area contributed by atoms with E-state index in [2.05, 4.69) is 60.7 Å². The first-order chi connectivity index (χ1) is 13.2. The van der Waals surface area contributed by atoms with Crippen molar-refractivity contribution in [2.75, 3.05) is 53.6 Å². The van der Waals surface area contributed by atoms with Crippen molar-refractivity contribution in [1.29, 1.82) is 0 Å². The average molecular weight is 441 g/mol. The van der Waals surface area contributed by atoms with E-state index in [9.17, 15) is 0 Å². The molecule has 1 fully saturated rings. The molecule has 2 rings (SSSR count). The maximum atomic E-state index is 5.47. The van der Waals surface area contributed by atoms with Gasteiger partial charge in [-0.25, -0.2) is 0 Å². The molecule has 27 heavy (non-hydrogen) atoms. The summed E-state index contributed by atoms with van der Waals surface area (Å²) in [5, 5.41) is 6.93. The van der Waals surface area contributed by atoms with E-state index >= 15 is 0 Å². The number of methoxy groups -OCH3 is 1. The molecule has 1 saturated heterocycles. The molecule has 1 aromatic carbocycles. The van der Waals surface area contributed by atoms with E-state index in [4.69, 9.17) is 9.47 Å². The van der Waals surface area contributed by atoms with E-state index in [-0.39, 0.29) is 0 Å². The number of halogens is 1. The Hall–Kier alpha value is -1.15. The van der Waals surface area contributed by atoms with Crippen molar-refractivity contribution >= 4 is 21.9 Å². The molecule has 0 bridgehead atoms. The van der Waals surface area contributed by atoms with Crippen LogP contribution in [0.3, 0.4) is 0 Å². The first-order valence-corrected chi connectivity index (χ1v) is 10.5. The number of guanidine groups is 1. The number of piperidine rings is 1. The van der Waals surface area contributed by atoms with Gasteiger partial charge < -0.3 is 20.1 Å². The normalized spacial score (nSPS) is 16.5. The van der Waals surface area contributed by atoms with Gasteiger partial charge in [-0.3, -0.25) is 9.89 Å². The Morgan fingerprint density at radius 1 is 1.19 bits per heavy atom. The van der Waals surface area contributed by atoms with Gasteiger partial charge in [0.2, 0.25) is 0 Å². The number of aliphatic imine (C=N–C) groups is 1. The summed E-state index contributed by atoms with van der Waals surface area (Å²) < 4.78 is 11.6. The van der Waals surface area contributed by atoms with Crippen molar-refractivity contribution in [1.82, 2.24) is 15.5 Å². The summed E-state index contributed by atoms with van der Waals surface area (Å²) in [6.07, 6.45) is 3.23. The van der Waals surface area contributed by atoms with Gasteiger partial charge in [0.25, 0.3) is 0 Å². The van der Waals surface area contributed by atoms with Crippen LogP contribution in [-0.2, 0) is 16.0 Å². The zero-order chi connectivity index (χ0) is 19.3. The Kier molecular flexibility index (Phi) is 10.7. The van der Waals surface area contributed by atoms with Gasteiger partial charge in [-0.2, -0.15) is 0 Å². The van der Waals surface area contributed by atoms with Gasteiger partial charge in [0, 0.05) is 57.5 Å². The topological polar surface area (TPSA) is 58.1 Å². The summed E-state index contributed by atoms with van der Waals surface area (Å²) in [5.74, 6) is 0.887. The van der Waals surface area contributed by atoms with Crippen molar-refractivity contribution < 1.29 is 9.47 Å². The van der Waals surface area contributed by atoms with Crippen molar-refractivity contribution in [3.05, 3.63) is 34.3 Å². The fourth-order valence-corrected chi connectivity index (χ4v) is 3.36. The largest absolute Gasteiger partial charge is 0.382 e. The van der Waals surface area contributed by atoms with Crippen LogP contribution >= 0.6 is 15.9 Å². The lowest BCUT2D eigenvalue weighted by atomic mass is 10.0. The minimum atomic E-state index is 0.482. The minimum Gasteiger partial charge on any atom is -0.382 e. The Morgan fingerprint density at radius 2 is 1.93 bits per heavy atom. The number of nitrogens with one attached hydrogen (secondary N) is 2. The van der Waals surface area contributed by atoms with E-state index in [0.717, 1.165) is 62.5 Å². The smallest absolute Gasteiger partial charge is 0.191 e. The van der Waals surface area contributed by atoms with E-state index in [1.54, 1.807) is 7.11 Å². The van der Waals surface area contributed by atoms with Gasteiger partial charge in [-0.1, -0.05) is 28.1 Å². The molecule has 0 atom stereocenters. The average Bonchev–Trinajstić information content (AvgIpc) is 2.69. The third kappa shape index (κ3) is 9.06. The maximum absolute atomic E-state index is 5.47. The predicted octanol–water partition coefficient (Wildman–Crippen LogP) is 2.63. The summed E-state index contributed by atoms with van der Waals surface area (Å²) in [4.78, 5) is 6.86. The number of nitrogens with zero attached hydrogens (tertiary/aromatic N) is 2. The molecule has 1 heterocycles. The van der Waals surface area contributed by atoms with E-state index in [1.165, 1.54) is 5.56 Å². The second kappa shape index (κ2) is 13.1. The molecule has 2 N–H and O–H groups in total. The van der Waals surface area contributed by atoms with E-state index in [1.807, 2.05) is 7.05 Å². The van der Waals surface area contributed by atoms with Crippen LogP contribution in [0, 0.1) is 0 Å². The van der Waals surface area contributed by atoms with Crippen LogP contribution in [0.15, 0.2) is 33.7 Å². The van der Waals surface area contributed by atoms with Crippen LogP contribution in [0.1, 0.15) is 24.8 Å². The quantitative estimate of drug-likeness (QED) is 0.332. The molecule has 0 amide bonds. The number of hydrogen-bond donors (Lipinski definition) is 2. The SMILES string of the molecule is CN=C(NCCCOCCOC)NC1CCN(Cc2ccc(Br)cc2)CC1. The second-order valence-electron chi connectivity index (χ2n) is 6.78. The third-order valence-electron chi connectivity index (χ3n) is 4.66. The summed E-state index contributed by atoms with van der Waals surface area (Å²) >= 11 is 3.49. The Balaban J connectivity index is 1.60. The highest BCUT2D eigenvalue weighted by Gasteiger charge is 2.19. The third-order valence-corrected chi connectivity index (χ3v) is 5.19. The monoisotopic (exact) mass is 440 g/mol. The van der Waals surface area contributed by atoms with Crippen LogP contribution in [0.4, 0.5) is 0 Å². The molecule has 1 aliphatic heterocycles. The number of likely N-dealkylation sites (tertiary alicyclic amines) is 1. The molecule has 1 aromatic rings. The molecular weight excluding hydrogens is 408 g/mol. The summed E-state index contributed by atoms with van der Waals surface area (Å²) in [5.41, 5.74) is 1.37. The molecule has 0 radical (unpaired) electrons. The van der Waals surface area contributed by atoms with Gasteiger partial charge in [0.1, 0.15) is 0 Å². The van der Waals surface area contributed by atoms with Crippen LogP contribution in [0.25, 0.3) is 0 Å². The molecule has 0 aromatic heterocycles. The Labute approximate surface area is 171 Å². The molecule has 0 spiro atoms. The molecule has 152 valence electrons. The van der Waals surface area contributed by atoms with Crippen molar-refractivity contribution in [3.63, 3.8) is 0 Å². The van der Waals surface area contributed by atoms with Crippen LogP contribution in [0.5, 0.6) is 0 Å². The lowest BCUT2D eigenvalue weighted by Gasteiger charge is -2.33. The van der Waals surface area contributed by atoms with Crippen molar-refractivity contribution in [3.8, 4) is 0 Å². The highest BCUT2D eigenvalue weighted by molar-refractivity contribution is 9.10. The summed E-state index contributed by atoms with van der Waals surface area (Å²) in [6.45, 7) is 6.14. The fraction of sp³-hybridized carbons (Fsp3) is 0.650. The molecular formula is C20H33BrN4O2. The van der Waals surface area contributed by atoms with Crippen LogP contribution < -0.4 is 10.6 Å². The van der Waals surface area contributed by atoms with Gasteiger partial charge in [0.05, 0.1) is 13.2 Å². The molecule has 7 heteroatoms. The lowest BCUT2D eigenvalue weighted by Crippen LogP contribution is -2.48. The minimum absolute atomic E-state index is 0.482. The number of benzene rings is 1. The fourth-order valence-electron chi connectivity index (χ4n) is 3.10. The first kappa shape index (κ1) is 22.1. The lowest BCUT2D eigenvalue weighted by molar-refractivity contribution is 0.0698. The van der Waals surface area contributed by atoms with Crippen LogP contribution in [0.2, 0.25) is 0 Å². The number of rotatable bonds is 10. The molecule has 0 aliphatic carbocycles.